The normalized spacial score (nSPS) is 15.4. The molecule has 2 heterocycles. The van der Waals surface area contributed by atoms with Crippen LogP contribution in [0.5, 0.6) is 0 Å². The second kappa shape index (κ2) is 9.67. The molecule has 1 saturated heterocycles. The van der Waals surface area contributed by atoms with Crippen molar-refractivity contribution in [2.75, 3.05) is 31.6 Å². The van der Waals surface area contributed by atoms with E-state index in [9.17, 15) is 13.2 Å². The van der Waals surface area contributed by atoms with Gasteiger partial charge in [-0.25, -0.2) is 8.42 Å². The lowest BCUT2D eigenvalue weighted by Gasteiger charge is -2.26. The summed E-state index contributed by atoms with van der Waals surface area (Å²) in [6.45, 7) is 3.11. The number of amides is 1. The molecule has 1 aromatic heterocycles. The highest BCUT2D eigenvalue weighted by Gasteiger charge is 2.30. The van der Waals surface area contributed by atoms with Crippen molar-refractivity contribution >= 4 is 55.6 Å². The molecule has 2 aromatic rings. The van der Waals surface area contributed by atoms with Gasteiger partial charge in [-0.2, -0.15) is 4.31 Å². The summed E-state index contributed by atoms with van der Waals surface area (Å²) >= 11 is 13.6. The summed E-state index contributed by atoms with van der Waals surface area (Å²) in [5.74, 6) is -0.580. The number of benzene rings is 1. The highest BCUT2D eigenvalue weighted by Crippen LogP contribution is 2.31. The topological polar surface area (TPSA) is 101 Å². The summed E-state index contributed by atoms with van der Waals surface area (Å²) in [4.78, 5) is 12.5. The number of carbonyl (C=O) groups excluding carboxylic acids is 1. The number of nitrogens with one attached hydrogen (secondary N) is 1. The third-order valence-electron chi connectivity index (χ3n) is 4.29. The first-order valence-electron chi connectivity index (χ1n) is 9.03. The number of nitrogens with zero attached hydrogens (tertiary/aromatic N) is 3. The smallest absolute Gasteiger partial charge is 0.259 e. The molecule has 158 valence electrons. The molecular formula is C17H20Cl2N4O4S2. The molecular weight excluding hydrogens is 459 g/mol. The first-order valence-corrected chi connectivity index (χ1v) is 12.0. The number of carbonyl (C=O) groups is 1. The van der Waals surface area contributed by atoms with Gasteiger partial charge in [-0.1, -0.05) is 47.9 Å². The van der Waals surface area contributed by atoms with E-state index in [-0.39, 0.29) is 33.6 Å². The average molecular weight is 479 g/mol. The van der Waals surface area contributed by atoms with Gasteiger partial charge in [0.1, 0.15) is 9.90 Å². The predicted octanol–water partition coefficient (Wildman–Crippen LogP) is 3.46. The summed E-state index contributed by atoms with van der Waals surface area (Å²) < 4.78 is 32.4. The van der Waals surface area contributed by atoms with Crippen LogP contribution in [0.3, 0.4) is 0 Å². The van der Waals surface area contributed by atoms with E-state index >= 15 is 0 Å². The highest BCUT2D eigenvalue weighted by atomic mass is 35.5. The van der Waals surface area contributed by atoms with Crippen molar-refractivity contribution in [1.29, 1.82) is 0 Å². The van der Waals surface area contributed by atoms with Crippen molar-refractivity contribution < 1.29 is 17.9 Å². The zero-order valence-electron chi connectivity index (χ0n) is 15.7. The number of ether oxygens (including phenoxy) is 1. The van der Waals surface area contributed by atoms with Crippen LogP contribution in [0.25, 0.3) is 0 Å². The van der Waals surface area contributed by atoms with Gasteiger partial charge in [-0.05, 0) is 18.6 Å². The number of rotatable bonds is 7. The van der Waals surface area contributed by atoms with Crippen molar-refractivity contribution in [2.24, 2.45) is 0 Å². The molecule has 0 atom stereocenters. The van der Waals surface area contributed by atoms with Crippen LogP contribution >= 0.6 is 34.5 Å². The number of halogens is 2. The van der Waals surface area contributed by atoms with E-state index in [1.54, 1.807) is 0 Å². The summed E-state index contributed by atoms with van der Waals surface area (Å²) in [6, 6.07) is 2.46. The van der Waals surface area contributed by atoms with Crippen LogP contribution in [0, 0.1) is 0 Å². The minimum absolute atomic E-state index is 0.00629. The Morgan fingerprint density at radius 1 is 1.24 bits per heavy atom. The van der Waals surface area contributed by atoms with Gasteiger partial charge in [0.25, 0.3) is 5.91 Å². The zero-order valence-corrected chi connectivity index (χ0v) is 18.8. The van der Waals surface area contributed by atoms with Gasteiger partial charge in [0, 0.05) is 19.5 Å². The highest BCUT2D eigenvalue weighted by molar-refractivity contribution is 7.89. The minimum atomic E-state index is -3.89. The Morgan fingerprint density at radius 2 is 1.97 bits per heavy atom. The van der Waals surface area contributed by atoms with Crippen LogP contribution in [0.15, 0.2) is 17.0 Å². The largest absolute Gasteiger partial charge is 0.379 e. The SMILES string of the molecule is CCCCc1nnc(NC(=O)c2cc(S(=O)(=O)N3CCOCC3)c(Cl)cc2Cl)s1. The number of hydrogen-bond donors (Lipinski definition) is 1. The monoisotopic (exact) mass is 478 g/mol. The Labute approximate surface area is 183 Å². The molecule has 1 fully saturated rings. The van der Waals surface area contributed by atoms with Gasteiger partial charge < -0.3 is 4.74 Å². The molecule has 1 amide bonds. The van der Waals surface area contributed by atoms with E-state index in [0.29, 0.717) is 18.3 Å². The van der Waals surface area contributed by atoms with Crippen LogP contribution in [-0.2, 0) is 21.2 Å². The Bertz CT molecular complexity index is 991. The van der Waals surface area contributed by atoms with Gasteiger partial charge in [-0.15, -0.1) is 10.2 Å². The van der Waals surface area contributed by atoms with E-state index < -0.39 is 15.9 Å². The summed E-state index contributed by atoms with van der Waals surface area (Å²) in [5.41, 5.74) is -0.00629. The fourth-order valence-electron chi connectivity index (χ4n) is 2.72. The molecule has 29 heavy (non-hydrogen) atoms. The molecule has 1 aliphatic rings. The number of anilines is 1. The molecule has 0 aliphatic carbocycles. The third kappa shape index (κ3) is 5.25. The number of morpholine rings is 1. The number of sulfonamides is 1. The van der Waals surface area contributed by atoms with E-state index in [1.807, 2.05) is 0 Å². The Morgan fingerprint density at radius 3 is 2.66 bits per heavy atom. The summed E-state index contributed by atoms with van der Waals surface area (Å²) in [7, 11) is -3.89. The molecule has 3 rings (SSSR count). The summed E-state index contributed by atoms with van der Waals surface area (Å²) in [6.07, 6.45) is 2.80. The molecule has 12 heteroatoms. The molecule has 0 radical (unpaired) electrons. The van der Waals surface area contributed by atoms with E-state index in [4.69, 9.17) is 27.9 Å². The van der Waals surface area contributed by atoms with Gasteiger partial charge in [-0.3, -0.25) is 10.1 Å². The lowest BCUT2D eigenvalue weighted by molar-refractivity contribution is 0.0730. The lowest BCUT2D eigenvalue weighted by Crippen LogP contribution is -2.40. The molecule has 1 aliphatic heterocycles. The van der Waals surface area contributed by atoms with Gasteiger partial charge in [0.05, 0.1) is 28.8 Å². The quantitative estimate of drug-likeness (QED) is 0.653. The standard InChI is InChI=1S/C17H20Cl2N4O4S2/c1-2-3-4-15-21-22-17(28-15)20-16(24)11-9-14(13(19)10-12(11)18)29(25,26)23-5-7-27-8-6-23/h9-10H,2-8H2,1H3,(H,20,22,24). The third-order valence-corrected chi connectivity index (χ3v) is 7.86. The molecule has 1 N–H and O–H groups in total. The number of aromatic nitrogens is 2. The molecule has 0 spiro atoms. The van der Waals surface area contributed by atoms with Crippen LogP contribution in [0.1, 0.15) is 35.1 Å². The second-order valence-electron chi connectivity index (χ2n) is 6.34. The Balaban J connectivity index is 1.84. The van der Waals surface area contributed by atoms with E-state index in [2.05, 4.69) is 22.4 Å². The predicted molar refractivity (Wildman–Crippen MR) is 113 cm³/mol. The first-order chi connectivity index (χ1) is 13.8. The molecule has 1 aromatic carbocycles. The van der Waals surface area contributed by atoms with Gasteiger partial charge in [0.2, 0.25) is 15.2 Å². The van der Waals surface area contributed by atoms with Crippen LogP contribution in [0.4, 0.5) is 5.13 Å². The van der Waals surface area contributed by atoms with E-state index in [1.165, 1.54) is 27.8 Å². The summed E-state index contributed by atoms with van der Waals surface area (Å²) in [5, 5.41) is 11.8. The molecule has 8 nitrogen and oxygen atoms in total. The second-order valence-corrected chi connectivity index (χ2v) is 10.1. The Kier molecular flexibility index (Phi) is 7.47. The maximum Gasteiger partial charge on any atom is 0.259 e. The zero-order chi connectivity index (χ0) is 21.0. The first kappa shape index (κ1) is 22.4. The van der Waals surface area contributed by atoms with Crippen molar-refractivity contribution in [2.45, 2.75) is 31.1 Å². The number of unbranched alkanes of at least 4 members (excludes halogenated alkanes) is 1. The van der Waals surface area contributed by atoms with Crippen molar-refractivity contribution in [3.63, 3.8) is 0 Å². The van der Waals surface area contributed by atoms with Crippen molar-refractivity contribution in [3.8, 4) is 0 Å². The lowest BCUT2D eigenvalue weighted by atomic mass is 10.2. The van der Waals surface area contributed by atoms with Crippen molar-refractivity contribution in [1.82, 2.24) is 14.5 Å². The number of aryl methyl sites for hydroxylation is 1. The van der Waals surface area contributed by atoms with Gasteiger partial charge in [0.15, 0.2) is 0 Å². The maximum atomic E-state index is 12.9. The van der Waals surface area contributed by atoms with Gasteiger partial charge >= 0.3 is 0 Å². The van der Waals surface area contributed by atoms with Crippen molar-refractivity contribution in [3.05, 3.63) is 32.7 Å². The molecule has 0 unspecified atom stereocenters. The fourth-order valence-corrected chi connectivity index (χ4v) is 5.74. The van der Waals surface area contributed by atoms with Crippen LogP contribution < -0.4 is 5.32 Å². The average Bonchev–Trinajstić information content (AvgIpc) is 3.14. The molecule has 0 bridgehead atoms. The molecule has 0 saturated carbocycles. The van der Waals surface area contributed by atoms with Crippen LogP contribution in [0.2, 0.25) is 10.0 Å². The number of hydrogen-bond acceptors (Lipinski definition) is 7. The minimum Gasteiger partial charge on any atom is -0.379 e. The van der Waals surface area contributed by atoms with E-state index in [0.717, 1.165) is 24.3 Å². The maximum absolute atomic E-state index is 12.9. The Hall–Kier alpha value is -1.30. The fraction of sp³-hybridized carbons (Fsp3) is 0.471. The van der Waals surface area contributed by atoms with Crippen LogP contribution in [-0.4, -0.2) is 55.1 Å².